The second-order valence-electron chi connectivity index (χ2n) is 10.1. The molecule has 1 saturated heterocycles. The number of nitrogens with one attached hydrogen (secondary N) is 1. The molecule has 1 amide bonds. The number of piperazine rings is 1. The Morgan fingerprint density at radius 3 is 2.34 bits per heavy atom. The van der Waals surface area contributed by atoms with Crippen molar-refractivity contribution < 1.29 is 26.7 Å². The topological polar surface area (TPSA) is 137 Å². The number of hydrogen-bond acceptors (Lipinski definition) is 7. The molecular formula is C26H32N4O6S2. The highest BCUT2D eigenvalue weighted by atomic mass is 32.2. The fourth-order valence-electron chi connectivity index (χ4n) is 4.44. The minimum Gasteiger partial charge on any atom is -0.395 e. The van der Waals surface area contributed by atoms with E-state index >= 15 is 0 Å². The number of aliphatic hydroxyl groups excluding tert-OH is 1. The van der Waals surface area contributed by atoms with Gasteiger partial charge in [0, 0.05) is 37.8 Å². The number of carbonyl (C=O) groups is 1. The number of sulfonamides is 2. The van der Waals surface area contributed by atoms with Gasteiger partial charge < -0.3 is 10.4 Å². The van der Waals surface area contributed by atoms with Crippen molar-refractivity contribution in [2.24, 2.45) is 0 Å². The molecule has 0 aliphatic carbocycles. The summed E-state index contributed by atoms with van der Waals surface area (Å²) in [6.07, 6.45) is 1.49. The Hall–Kier alpha value is -2.90. The maximum absolute atomic E-state index is 13.8. The standard InChI is InChI=1S/C26H32N4O6S2/c1-26(2,3)20-9-11-21(12-10-20)37(33,34)29-15-16-30(22(18-29)25(32)28-14-17-31)38(35,36)23-8-4-6-19-7-5-13-27-24(19)23/h4-13,22,31H,14-18H2,1-3H3,(H,28,32). The molecule has 2 aromatic carbocycles. The number of carbonyl (C=O) groups excluding carboxylic acids is 1. The van der Waals surface area contributed by atoms with E-state index in [4.69, 9.17) is 0 Å². The van der Waals surface area contributed by atoms with Crippen LogP contribution in [0.3, 0.4) is 0 Å². The van der Waals surface area contributed by atoms with Crippen LogP contribution in [0.25, 0.3) is 10.9 Å². The van der Waals surface area contributed by atoms with Crippen LogP contribution >= 0.6 is 0 Å². The quantitative estimate of drug-likeness (QED) is 0.449. The summed E-state index contributed by atoms with van der Waals surface area (Å²) in [6, 6.07) is 13.4. The minimum atomic E-state index is -4.24. The second-order valence-corrected chi connectivity index (χ2v) is 13.9. The van der Waals surface area contributed by atoms with Crippen molar-refractivity contribution >= 4 is 36.9 Å². The van der Waals surface area contributed by atoms with E-state index in [9.17, 15) is 26.7 Å². The van der Waals surface area contributed by atoms with Crippen LogP contribution in [0.5, 0.6) is 0 Å². The molecule has 1 fully saturated rings. The third kappa shape index (κ3) is 5.45. The maximum Gasteiger partial charge on any atom is 0.246 e. The molecule has 4 rings (SSSR count). The predicted molar refractivity (Wildman–Crippen MR) is 143 cm³/mol. The molecule has 1 aliphatic rings. The normalized spacial score (nSPS) is 17.9. The van der Waals surface area contributed by atoms with Crippen molar-refractivity contribution in [3.05, 3.63) is 66.4 Å². The second kappa shape index (κ2) is 10.7. The molecule has 1 aliphatic heterocycles. The number of hydrogen-bond donors (Lipinski definition) is 2. The first kappa shape index (κ1) is 28.1. The summed E-state index contributed by atoms with van der Waals surface area (Å²) in [4.78, 5) is 17.3. The van der Waals surface area contributed by atoms with Gasteiger partial charge in [0.2, 0.25) is 26.0 Å². The van der Waals surface area contributed by atoms with Gasteiger partial charge in [0.25, 0.3) is 0 Å². The average molecular weight is 561 g/mol. The lowest BCUT2D eigenvalue weighted by Crippen LogP contribution is -2.61. The van der Waals surface area contributed by atoms with E-state index in [0.29, 0.717) is 5.39 Å². The van der Waals surface area contributed by atoms with E-state index < -0.39 is 32.0 Å². The molecule has 0 radical (unpaired) electrons. The molecule has 38 heavy (non-hydrogen) atoms. The van der Waals surface area contributed by atoms with Crippen LogP contribution in [0.15, 0.2) is 70.6 Å². The molecule has 2 N–H and O–H groups in total. The van der Waals surface area contributed by atoms with E-state index in [1.807, 2.05) is 20.8 Å². The van der Waals surface area contributed by atoms with Crippen molar-refractivity contribution in [2.75, 3.05) is 32.8 Å². The first-order valence-corrected chi connectivity index (χ1v) is 15.1. The Balaban J connectivity index is 1.69. The fraction of sp³-hybridized carbons (Fsp3) is 0.385. The molecule has 10 nitrogen and oxygen atoms in total. The summed E-state index contributed by atoms with van der Waals surface area (Å²) in [5.74, 6) is -0.696. The van der Waals surface area contributed by atoms with Gasteiger partial charge in [0.1, 0.15) is 10.9 Å². The van der Waals surface area contributed by atoms with Crippen molar-refractivity contribution in [1.29, 1.82) is 0 Å². The van der Waals surface area contributed by atoms with E-state index in [1.165, 1.54) is 24.4 Å². The summed E-state index contributed by atoms with van der Waals surface area (Å²) in [7, 11) is -8.25. The first-order valence-electron chi connectivity index (χ1n) is 12.2. The molecule has 204 valence electrons. The van der Waals surface area contributed by atoms with E-state index in [0.717, 1.165) is 14.2 Å². The molecule has 1 unspecified atom stereocenters. The van der Waals surface area contributed by atoms with E-state index in [-0.39, 0.29) is 53.5 Å². The van der Waals surface area contributed by atoms with Gasteiger partial charge in [0.05, 0.1) is 17.0 Å². The number of fused-ring (bicyclic) bond motifs is 1. The largest absolute Gasteiger partial charge is 0.395 e. The van der Waals surface area contributed by atoms with Crippen LogP contribution in [-0.2, 0) is 30.3 Å². The van der Waals surface area contributed by atoms with Crippen molar-refractivity contribution in [3.63, 3.8) is 0 Å². The van der Waals surface area contributed by atoms with Crippen molar-refractivity contribution in [2.45, 2.75) is 42.0 Å². The van der Waals surface area contributed by atoms with Crippen LogP contribution in [0, 0.1) is 0 Å². The zero-order valence-electron chi connectivity index (χ0n) is 21.5. The van der Waals surface area contributed by atoms with Crippen molar-refractivity contribution in [3.8, 4) is 0 Å². The average Bonchev–Trinajstić information content (AvgIpc) is 2.90. The number of amides is 1. The van der Waals surface area contributed by atoms with Crippen LogP contribution < -0.4 is 5.32 Å². The number of benzene rings is 2. The van der Waals surface area contributed by atoms with Gasteiger partial charge >= 0.3 is 0 Å². The molecule has 0 saturated carbocycles. The van der Waals surface area contributed by atoms with E-state index in [1.54, 1.807) is 36.4 Å². The smallest absolute Gasteiger partial charge is 0.246 e. The maximum atomic E-state index is 13.8. The van der Waals surface area contributed by atoms with Gasteiger partial charge in [-0.2, -0.15) is 8.61 Å². The summed E-state index contributed by atoms with van der Waals surface area (Å²) in [5, 5.41) is 12.3. The number of pyridine rings is 1. The Morgan fingerprint density at radius 1 is 1.00 bits per heavy atom. The van der Waals surface area contributed by atoms with Gasteiger partial charge in [-0.05, 0) is 35.2 Å². The zero-order chi connectivity index (χ0) is 27.7. The summed E-state index contributed by atoms with van der Waals surface area (Å²) in [6.45, 7) is 4.89. The highest BCUT2D eigenvalue weighted by Crippen LogP contribution is 2.30. The van der Waals surface area contributed by atoms with Crippen molar-refractivity contribution in [1.82, 2.24) is 18.9 Å². The Morgan fingerprint density at radius 2 is 1.68 bits per heavy atom. The molecule has 2 heterocycles. The van der Waals surface area contributed by atoms with Gasteiger partial charge in [-0.3, -0.25) is 9.78 Å². The molecule has 3 aromatic rings. The highest BCUT2D eigenvalue weighted by Gasteiger charge is 2.44. The monoisotopic (exact) mass is 560 g/mol. The molecule has 0 bridgehead atoms. The predicted octanol–water partition coefficient (Wildman–Crippen LogP) is 1.70. The molecule has 0 spiro atoms. The van der Waals surface area contributed by atoms with Crippen LogP contribution in [0.4, 0.5) is 0 Å². The molecule has 12 heteroatoms. The van der Waals surface area contributed by atoms with Gasteiger partial charge in [-0.15, -0.1) is 0 Å². The number of nitrogens with zero attached hydrogens (tertiary/aromatic N) is 3. The SMILES string of the molecule is CC(C)(C)c1ccc(S(=O)(=O)N2CCN(S(=O)(=O)c3cccc4cccnc34)C(C(=O)NCCO)C2)cc1. The Kier molecular flexibility index (Phi) is 7.91. The lowest BCUT2D eigenvalue weighted by Gasteiger charge is -2.39. The summed E-state index contributed by atoms with van der Waals surface area (Å²) < 4.78 is 56.8. The van der Waals surface area contributed by atoms with Gasteiger partial charge in [-0.25, -0.2) is 16.8 Å². The van der Waals surface area contributed by atoms with Gasteiger partial charge in [0.15, 0.2) is 0 Å². The Bertz CT molecular complexity index is 1530. The van der Waals surface area contributed by atoms with Crippen LogP contribution in [0.1, 0.15) is 26.3 Å². The number of rotatable bonds is 7. The lowest BCUT2D eigenvalue weighted by atomic mass is 9.87. The van der Waals surface area contributed by atoms with Crippen LogP contribution in [-0.4, -0.2) is 80.3 Å². The molecule has 1 atom stereocenters. The summed E-state index contributed by atoms with van der Waals surface area (Å²) in [5.41, 5.74) is 1.07. The number of para-hydroxylation sites is 1. The lowest BCUT2D eigenvalue weighted by molar-refractivity contribution is -0.126. The number of aliphatic hydroxyl groups is 1. The third-order valence-electron chi connectivity index (χ3n) is 6.55. The molecular weight excluding hydrogens is 528 g/mol. The number of aromatic nitrogens is 1. The Labute approximate surface area is 223 Å². The third-order valence-corrected chi connectivity index (χ3v) is 10.4. The van der Waals surface area contributed by atoms with Crippen LogP contribution in [0.2, 0.25) is 0 Å². The first-order chi connectivity index (χ1) is 17.9. The molecule has 1 aromatic heterocycles. The summed E-state index contributed by atoms with van der Waals surface area (Å²) >= 11 is 0. The van der Waals surface area contributed by atoms with Gasteiger partial charge in [-0.1, -0.05) is 51.1 Å². The zero-order valence-corrected chi connectivity index (χ0v) is 23.2. The van der Waals surface area contributed by atoms with E-state index in [2.05, 4.69) is 10.3 Å². The fourth-order valence-corrected chi connectivity index (χ4v) is 7.62. The minimum absolute atomic E-state index is 0.0644. The highest BCUT2D eigenvalue weighted by molar-refractivity contribution is 7.89.